The number of nitrogens with one attached hydrogen (secondary N) is 1. The van der Waals surface area contributed by atoms with E-state index in [1.54, 1.807) is 17.1 Å². The van der Waals surface area contributed by atoms with Crippen LogP contribution >= 0.6 is 11.6 Å². The van der Waals surface area contributed by atoms with E-state index in [0.29, 0.717) is 28.5 Å². The normalized spacial score (nSPS) is 11.4. The molecule has 0 fully saturated rings. The number of carbonyl (C=O) groups excluding carboxylic acids is 1. The van der Waals surface area contributed by atoms with Gasteiger partial charge >= 0.3 is 0 Å². The summed E-state index contributed by atoms with van der Waals surface area (Å²) in [7, 11) is 0. The van der Waals surface area contributed by atoms with E-state index in [0.717, 1.165) is 22.3 Å². The van der Waals surface area contributed by atoms with Crippen LogP contribution in [0.3, 0.4) is 0 Å². The molecule has 8 heteroatoms. The third kappa shape index (κ3) is 3.68. The number of anilines is 1. The fourth-order valence-electron chi connectivity index (χ4n) is 3.55. The number of pyridine rings is 1. The van der Waals surface area contributed by atoms with Crippen molar-refractivity contribution in [3.05, 3.63) is 70.3 Å². The molecule has 0 atom stereocenters. The van der Waals surface area contributed by atoms with E-state index in [-0.39, 0.29) is 11.9 Å². The Labute approximate surface area is 179 Å². The van der Waals surface area contributed by atoms with Gasteiger partial charge in [-0.05, 0) is 45.4 Å². The number of aryl methyl sites for hydroxylation is 1. The SMILES string of the molecule is Cc1nn(Cc2ccccc2Cl)c(C)c1C(=O)Nc1cnc2c(cnn2C(C)C)c1. The van der Waals surface area contributed by atoms with Crippen LogP contribution in [0.25, 0.3) is 11.0 Å². The van der Waals surface area contributed by atoms with Gasteiger partial charge in [0.1, 0.15) is 0 Å². The molecule has 0 aliphatic rings. The average Bonchev–Trinajstić information content (AvgIpc) is 3.24. The molecule has 4 aromatic rings. The quantitative estimate of drug-likeness (QED) is 0.502. The van der Waals surface area contributed by atoms with Gasteiger partial charge in [-0.3, -0.25) is 9.48 Å². The molecular weight excluding hydrogens is 400 g/mol. The second kappa shape index (κ2) is 7.91. The summed E-state index contributed by atoms with van der Waals surface area (Å²) in [5.74, 6) is -0.215. The first-order valence-electron chi connectivity index (χ1n) is 9.77. The molecule has 0 bridgehead atoms. The summed E-state index contributed by atoms with van der Waals surface area (Å²) in [4.78, 5) is 17.5. The smallest absolute Gasteiger partial charge is 0.259 e. The van der Waals surface area contributed by atoms with Crippen molar-refractivity contribution in [1.29, 1.82) is 0 Å². The summed E-state index contributed by atoms with van der Waals surface area (Å²) in [5, 5.41) is 13.4. The number of fused-ring (bicyclic) bond motifs is 1. The first-order valence-corrected chi connectivity index (χ1v) is 10.1. The van der Waals surface area contributed by atoms with Gasteiger partial charge in [0.15, 0.2) is 5.65 Å². The molecule has 4 rings (SSSR count). The summed E-state index contributed by atoms with van der Waals surface area (Å²) < 4.78 is 3.66. The molecule has 0 spiro atoms. The van der Waals surface area contributed by atoms with Crippen LogP contribution in [0.2, 0.25) is 5.02 Å². The van der Waals surface area contributed by atoms with Gasteiger partial charge in [0.05, 0.1) is 35.9 Å². The van der Waals surface area contributed by atoms with Crippen LogP contribution < -0.4 is 5.32 Å². The van der Waals surface area contributed by atoms with Gasteiger partial charge in [0, 0.05) is 22.1 Å². The van der Waals surface area contributed by atoms with Crippen LogP contribution in [0, 0.1) is 13.8 Å². The fourth-order valence-corrected chi connectivity index (χ4v) is 3.74. The minimum atomic E-state index is -0.215. The molecule has 1 N–H and O–H groups in total. The molecule has 154 valence electrons. The molecule has 0 aliphatic carbocycles. The zero-order valence-corrected chi connectivity index (χ0v) is 18.1. The zero-order chi connectivity index (χ0) is 21.4. The molecule has 3 aromatic heterocycles. The van der Waals surface area contributed by atoms with Crippen molar-refractivity contribution in [2.75, 3.05) is 5.32 Å². The largest absolute Gasteiger partial charge is 0.320 e. The van der Waals surface area contributed by atoms with Crippen LogP contribution in [0.5, 0.6) is 0 Å². The zero-order valence-electron chi connectivity index (χ0n) is 17.3. The van der Waals surface area contributed by atoms with Crippen LogP contribution in [-0.2, 0) is 6.54 Å². The van der Waals surface area contributed by atoms with Gasteiger partial charge in [-0.25, -0.2) is 9.67 Å². The summed E-state index contributed by atoms with van der Waals surface area (Å²) >= 11 is 6.28. The lowest BCUT2D eigenvalue weighted by Gasteiger charge is -2.09. The Morgan fingerprint density at radius 2 is 1.97 bits per heavy atom. The van der Waals surface area contributed by atoms with Crippen LogP contribution in [0.4, 0.5) is 5.69 Å². The minimum Gasteiger partial charge on any atom is -0.320 e. The van der Waals surface area contributed by atoms with Crippen LogP contribution in [-0.4, -0.2) is 30.5 Å². The summed E-state index contributed by atoms with van der Waals surface area (Å²) in [6.07, 6.45) is 3.41. The number of nitrogens with zero attached hydrogens (tertiary/aromatic N) is 5. The van der Waals surface area contributed by atoms with Gasteiger partial charge in [-0.1, -0.05) is 29.8 Å². The molecule has 1 aromatic carbocycles. The van der Waals surface area contributed by atoms with E-state index < -0.39 is 0 Å². The monoisotopic (exact) mass is 422 g/mol. The first kappa shape index (κ1) is 20.1. The number of carbonyl (C=O) groups is 1. The topological polar surface area (TPSA) is 77.6 Å². The van der Waals surface area contributed by atoms with E-state index in [1.165, 1.54) is 0 Å². The predicted molar refractivity (Wildman–Crippen MR) is 118 cm³/mol. The van der Waals surface area contributed by atoms with Crippen molar-refractivity contribution in [2.24, 2.45) is 0 Å². The Bertz CT molecular complexity index is 1240. The standard InChI is InChI=1S/C22H23ClN6O/c1-13(2)29-21-17(10-25-29)9-18(11-24-21)26-22(30)20-14(3)27-28(15(20)4)12-16-7-5-6-8-19(16)23/h5-11,13H,12H2,1-4H3,(H,26,30). The molecule has 1 amide bonds. The van der Waals surface area contributed by atoms with Gasteiger partial charge < -0.3 is 5.32 Å². The third-order valence-electron chi connectivity index (χ3n) is 5.07. The molecule has 0 saturated carbocycles. The summed E-state index contributed by atoms with van der Waals surface area (Å²) in [5.41, 5.74) is 4.37. The minimum absolute atomic E-state index is 0.213. The first-order chi connectivity index (χ1) is 14.3. The Morgan fingerprint density at radius 3 is 2.70 bits per heavy atom. The highest BCUT2D eigenvalue weighted by molar-refractivity contribution is 6.31. The fraction of sp³-hybridized carbons (Fsp3) is 0.273. The van der Waals surface area contributed by atoms with Crippen LogP contribution in [0.1, 0.15) is 47.2 Å². The Hall–Kier alpha value is -3.19. The second-order valence-corrected chi connectivity index (χ2v) is 7.98. The van der Waals surface area contributed by atoms with Crippen molar-refractivity contribution in [3.63, 3.8) is 0 Å². The highest BCUT2D eigenvalue weighted by Gasteiger charge is 2.20. The average molecular weight is 423 g/mol. The maximum absolute atomic E-state index is 13.0. The second-order valence-electron chi connectivity index (χ2n) is 7.57. The lowest BCUT2D eigenvalue weighted by Crippen LogP contribution is -2.14. The summed E-state index contributed by atoms with van der Waals surface area (Å²) in [6, 6.07) is 9.72. The lowest BCUT2D eigenvalue weighted by molar-refractivity contribution is 0.102. The molecular formula is C22H23ClN6O. The molecule has 0 aliphatic heterocycles. The highest BCUT2D eigenvalue weighted by atomic mass is 35.5. The van der Waals surface area contributed by atoms with Crippen molar-refractivity contribution in [2.45, 2.75) is 40.3 Å². The number of rotatable bonds is 5. The molecule has 7 nitrogen and oxygen atoms in total. The van der Waals surface area contributed by atoms with E-state index in [2.05, 4.69) is 34.3 Å². The number of aromatic nitrogens is 5. The van der Waals surface area contributed by atoms with Crippen molar-refractivity contribution in [3.8, 4) is 0 Å². The summed E-state index contributed by atoms with van der Waals surface area (Å²) in [6.45, 7) is 8.33. The van der Waals surface area contributed by atoms with Gasteiger partial charge in [-0.15, -0.1) is 0 Å². The maximum Gasteiger partial charge on any atom is 0.259 e. The molecule has 0 saturated heterocycles. The molecule has 0 unspecified atom stereocenters. The molecule has 30 heavy (non-hydrogen) atoms. The van der Waals surface area contributed by atoms with Gasteiger partial charge in [-0.2, -0.15) is 10.2 Å². The van der Waals surface area contributed by atoms with Crippen molar-refractivity contribution in [1.82, 2.24) is 24.5 Å². The lowest BCUT2D eigenvalue weighted by atomic mass is 10.1. The van der Waals surface area contributed by atoms with Crippen molar-refractivity contribution < 1.29 is 4.79 Å². The molecule has 0 radical (unpaired) electrons. The van der Waals surface area contributed by atoms with Crippen molar-refractivity contribution >= 4 is 34.2 Å². The maximum atomic E-state index is 13.0. The van der Waals surface area contributed by atoms with E-state index in [4.69, 9.17) is 11.6 Å². The number of benzene rings is 1. The number of hydrogen-bond acceptors (Lipinski definition) is 4. The number of amides is 1. The van der Waals surface area contributed by atoms with E-state index in [9.17, 15) is 4.79 Å². The third-order valence-corrected chi connectivity index (χ3v) is 5.44. The van der Waals surface area contributed by atoms with E-state index in [1.807, 2.05) is 48.9 Å². The van der Waals surface area contributed by atoms with E-state index >= 15 is 0 Å². The Kier molecular flexibility index (Phi) is 5.30. The number of hydrogen-bond donors (Lipinski definition) is 1. The Balaban J connectivity index is 1.59. The highest BCUT2D eigenvalue weighted by Crippen LogP contribution is 2.22. The Morgan fingerprint density at radius 1 is 1.20 bits per heavy atom. The van der Waals surface area contributed by atoms with Gasteiger partial charge in [0.2, 0.25) is 0 Å². The van der Waals surface area contributed by atoms with Gasteiger partial charge in [0.25, 0.3) is 5.91 Å². The number of halogens is 1. The molecule has 3 heterocycles. The van der Waals surface area contributed by atoms with Crippen LogP contribution in [0.15, 0.2) is 42.7 Å². The predicted octanol–water partition coefficient (Wildman–Crippen LogP) is 4.78.